The van der Waals surface area contributed by atoms with E-state index in [0.29, 0.717) is 35.2 Å². The van der Waals surface area contributed by atoms with Crippen LogP contribution in [-0.4, -0.2) is 25.2 Å². The smallest absolute Gasteiger partial charge is 0.224 e. The third kappa shape index (κ3) is 3.93. The standard InChI is InChI=1S/C17H15ClFNO3/c18-12-6-5-11(14(19)8-12)7-17(21)20-9-13-10-22-15-3-1-2-4-16(15)23-13/h1-6,8,13H,7,9-10H2,(H,20,21)/t13-/m0/s1. The van der Waals surface area contributed by atoms with Gasteiger partial charge in [0.25, 0.3) is 0 Å². The van der Waals surface area contributed by atoms with Crippen molar-refractivity contribution in [1.29, 1.82) is 0 Å². The molecule has 0 aromatic heterocycles. The molecule has 2 aromatic carbocycles. The van der Waals surface area contributed by atoms with Gasteiger partial charge in [0.1, 0.15) is 18.5 Å². The first kappa shape index (κ1) is 15.6. The number of rotatable bonds is 4. The van der Waals surface area contributed by atoms with Gasteiger partial charge in [0.15, 0.2) is 11.5 Å². The SMILES string of the molecule is O=C(Cc1ccc(Cl)cc1F)NC[C@H]1COc2ccccc2O1. The summed E-state index contributed by atoms with van der Waals surface area (Å²) in [5.41, 5.74) is 0.304. The second kappa shape index (κ2) is 6.87. The first-order valence-corrected chi connectivity index (χ1v) is 7.59. The summed E-state index contributed by atoms with van der Waals surface area (Å²) < 4.78 is 25.0. The van der Waals surface area contributed by atoms with Crippen LogP contribution in [0.5, 0.6) is 11.5 Å². The van der Waals surface area contributed by atoms with Crippen molar-refractivity contribution in [1.82, 2.24) is 5.32 Å². The number of benzene rings is 2. The molecule has 120 valence electrons. The van der Waals surface area contributed by atoms with E-state index in [-0.39, 0.29) is 18.4 Å². The van der Waals surface area contributed by atoms with Crippen molar-refractivity contribution in [3.8, 4) is 11.5 Å². The van der Waals surface area contributed by atoms with Gasteiger partial charge in [-0.05, 0) is 29.8 Å². The van der Waals surface area contributed by atoms with Crippen LogP contribution in [0.15, 0.2) is 42.5 Å². The summed E-state index contributed by atoms with van der Waals surface area (Å²) in [5.74, 6) is 0.576. The van der Waals surface area contributed by atoms with Gasteiger partial charge in [-0.15, -0.1) is 0 Å². The van der Waals surface area contributed by atoms with E-state index in [2.05, 4.69) is 5.32 Å². The van der Waals surface area contributed by atoms with Gasteiger partial charge in [-0.2, -0.15) is 0 Å². The molecule has 1 aliphatic rings. The lowest BCUT2D eigenvalue weighted by Gasteiger charge is -2.26. The highest BCUT2D eigenvalue weighted by Crippen LogP contribution is 2.30. The van der Waals surface area contributed by atoms with E-state index in [9.17, 15) is 9.18 Å². The molecular weight excluding hydrogens is 321 g/mol. The number of nitrogens with one attached hydrogen (secondary N) is 1. The van der Waals surface area contributed by atoms with Gasteiger partial charge in [0.2, 0.25) is 5.91 Å². The number of hydrogen-bond acceptors (Lipinski definition) is 3. The van der Waals surface area contributed by atoms with Crippen molar-refractivity contribution in [2.45, 2.75) is 12.5 Å². The summed E-state index contributed by atoms with van der Waals surface area (Å²) in [7, 11) is 0. The fourth-order valence-corrected chi connectivity index (χ4v) is 2.45. The normalized spacial score (nSPS) is 16.0. The molecule has 1 amide bonds. The Morgan fingerprint density at radius 3 is 2.83 bits per heavy atom. The maximum atomic E-state index is 13.7. The van der Waals surface area contributed by atoms with Crippen molar-refractivity contribution < 1.29 is 18.7 Å². The maximum Gasteiger partial charge on any atom is 0.224 e. The summed E-state index contributed by atoms with van der Waals surface area (Å²) in [6.07, 6.45) is -0.323. The van der Waals surface area contributed by atoms with Crippen LogP contribution in [0, 0.1) is 5.82 Å². The average Bonchev–Trinajstić information content (AvgIpc) is 2.55. The van der Waals surface area contributed by atoms with Gasteiger partial charge < -0.3 is 14.8 Å². The van der Waals surface area contributed by atoms with Crippen LogP contribution in [0.2, 0.25) is 5.02 Å². The van der Waals surface area contributed by atoms with Crippen molar-refractivity contribution in [2.24, 2.45) is 0 Å². The predicted octanol–water partition coefficient (Wildman–Crippen LogP) is 2.98. The van der Waals surface area contributed by atoms with Crippen LogP contribution in [0.3, 0.4) is 0 Å². The van der Waals surface area contributed by atoms with E-state index in [0.717, 1.165) is 0 Å². The fourth-order valence-electron chi connectivity index (χ4n) is 2.29. The van der Waals surface area contributed by atoms with E-state index >= 15 is 0 Å². The monoisotopic (exact) mass is 335 g/mol. The Balaban J connectivity index is 1.52. The first-order valence-electron chi connectivity index (χ1n) is 7.21. The minimum Gasteiger partial charge on any atom is -0.486 e. The Morgan fingerprint density at radius 1 is 1.26 bits per heavy atom. The minimum absolute atomic E-state index is 0.0484. The molecular formula is C17H15ClFNO3. The molecule has 0 saturated carbocycles. The Morgan fingerprint density at radius 2 is 2.04 bits per heavy atom. The molecule has 1 heterocycles. The minimum atomic E-state index is -0.487. The molecule has 0 bridgehead atoms. The van der Waals surface area contributed by atoms with E-state index in [4.69, 9.17) is 21.1 Å². The molecule has 0 radical (unpaired) electrons. The number of hydrogen-bond donors (Lipinski definition) is 1. The number of fused-ring (bicyclic) bond motifs is 1. The summed E-state index contributed by atoms with van der Waals surface area (Å²) in [4.78, 5) is 11.9. The second-order valence-electron chi connectivity index (χ2n) is 5.21. The maximum absolute atomic E-state index is 13.7. The first-order chi connectivity index (χ1) is 11.1. The Kier molecular flexibility index (Phi) is 4.67. The van der Waals surface area contributed by atoms with Crippen LogP contribution < -0.4 is 14.8 Å². The number of halogens is 2. The van der Waals surface area contributed by atoms with E-state index in [1.54, 1.807) is 6.07 Å². The molecule has 1 N–H and O–H groups in total. The molecule has 1 atom stereocenters. The van der Waals surface area contributed by atoms with Crippen LogP contribution >= 0.6 is 11.6 Å². The Labute approximate surface area is 138 Å². The van der Waals surface area contributed by atoms with Gasteiger partial charge in [0.05, 0.1) is 13.0 Å². The summed E-state index contributed by atoms with van der Waals surface area (Å²) in [6.45, 7) is 0.648. The Bertz CT molecular complexity index is 723. The molecule has 6 heteroatoms. The quantitative estimate of drug-likeness (QED) is 0.934. The van der Waals surface area contributed by atoms with Gasteiger partial charge in [-0.25, -0.2) is 4.39 Å². The van der Waals surface area contributed by atoms with Crippen LogP contribution in [0.25, 0.3) is 0 Å². The molecule has 23 heavy (non-hydrogen) atoms. The molecule has 0 unspecified atom stereocenters. The molecule has 0 spiro atoms. The second-order valence-corrected chi connectivity index (χ2v) is 5.65. The number of carbonyl (C=O) groups excluding carboxylic acids is 1. The number of ether oxygens (including phenoxy) is 2. The van der Waals surface area contributed by atoms with Gasteiger partial charge >= 0.3 is 0 Å². The number of amides is 1. The highest BCUT2D eigenvalue weighted by atomic mass is 35.5. The molecule has 0 fully saturated rings. The molecule has 1 aliphatic heterocycles. The van der Waals surface area contributed by atoms with Crippen molar-refractivity contribution in [3.05, 3.63) is 58.9 Å². The van der Waals surface area contributed by atoms with E-state index in [1.165, 1.54) is 12.1 Å². The predicted molar refractivity (Wildman–Crippen MR) is 84.5 cm³/mol. The highest BCUT2D eigenvalue weighted by Gasteiger charge is 2.21. The summed E-state index contributed by atoms with van der Waals surface area (Å²) in [6, 6.07) is 11.6. The summed E-state index contributed by atoms with van der Waals surface area (Å²) >= 11 is 5.69. The van der Waals surface area contributed by atoms with Crippen molar-refractivity contribution in [3.63, 3.8) is 0 Å². The lowest BCUT2D eigenvalue weighted by Crippen LogP contribution is -2.41. The number of para-hydroxylation sites is 2. The molecule has 2 aromatic rings. The zero-order valence-electron chi connectivity index (χ0n) is 12.2. The summed E-state index contributed by atoms with van der Waals surface area (Å²) in [5, 5.41) is 3.03. The molecule has 0 aliphatic carbocycles. The van der Waals surface area contributed by atoms with Crippen LogP contribution in [-0.2, 0) is 11.2 Å². The van der Waals surface area contributed by atoms with E-state index < -0.39 is 5.82 Å². The van der Waals surface area contributed by atoms with Crippen LogP contribution in [0.4, 0.5) is 4.39 Å². The van der Waals surface area contributed by atoms with Crippen LogP contribution in [0.1, 0.15) is 5.56 Å². The molecule has 4 nitrogen and oxygen atoms in total. The van der Waals surface area contributed by atoms with Crippen molar-refractivity contribution >= 4 is 17.5 Å². The molecule has 3 rings (SSSR count). The highest BCUT2D eigenvalue weighted by molar-refractivity contribution is 6.30. The fraction of sp³-hybridized carbons (Fsp3) is 0.235. The lowest BCUT2D eigenvalue weighted by molar-refractivity contribution is -0.121. The van der Waals surface area contributed by atoms with Gasteiger partial charge in [0, 0.05) is 5.02 Å². The Hall–Kier alpha value is -2.27. The third-order valence-corrected chi connectivity index (χ3v) is 3.70. The van der Waals surface area contributed by atoms with Gasteiger partial charge in [-0.1, -0.05) is 29.8 Å². The van der Waals surface area contributed by atoms with E-state index in [1.807, 2.05) is 24.3 Å². The third-order valence-electron chi connectivity index (χ3n) is 3.46. The molecule has 0 saturated heterocycles. The van der Waals surface area contributed by atoms with Gasteiger partial charge in [-0.3, -0.25) is 4.79 Å². The largest absolute Gasteiger partial charge is 0.486 e. The lowest BCUT2D eigenvalue weighted by atomic mass is 10.1. The zero-order chi connectivity index (χ0) is 16.2. The number of carbonyl (C=O) groups is 1. The zero-order valence-corrected chi connectivity index (χ0v) is 13.0. The topological polar surface area (TPSA) is 47.6 Å². The average molecular weight is 336 g/mol. The van der Waals surface area contributed by atoms with Crippen molar-refractivity contribution in [2.75, 3.05) is 13.2 Å².